The van der Waals surface area contributed by atoms with Crippen LogP contribution in [0, 0.1) is 0 Å². The van der Waals surface area contributed by atoms with Crippen LogP contribution in [-0.4, -0.2) is 44.3 Å². The predicted molar refractivity (Wildman–Crippen MR) is 84.0 cm³/mol. The molecule has 1 N–H and O–H groups in total. The summed E-state index contributed by atoms with van der Waals surface area (Å²) in [7, 11) is 3.42. The van der Waals surface area contributed by atoms with Crippen LogP contribution in [0.2, 0.25) is 0 Å². The highest BCUT2D eigenvalue weighted by Gasteiger charge is 2.33. The third-order valence-electron chi connectivity index (χ3n) is 4.77. The molecule has 2 atom stereocenters. The first-order valence-corrected chi connectivity index (χ1v) is 7.99. The first-order chi connectivity index (χ1) is 10.3. The molecule has 2 heterocycles. The molecular formula is C17H26N2O2. The van der Waals surface area contributed by atoms with Gasteiger partial charge in [-0.05, 0) is 56.5 Å². The van der Waals surface area contributed by atoms with E-state index < -0.39 is 0 Å². The topological polar surface area (TPSA) is 33.7 Å². The van der Waals surface area contributed by atoms with Gasteiger partial charge in [-0.15, -0.1) is 0 Å². The average Bonchev–Trinajstić information content (AvgIpc) is 3.17. The smallest absolute Gasteiger partial charge is 0.122 e. The molecule has 0 amide bonds. The van der Waals surface area contributed by atoms with Crippen molar-refractivity contribution in [2.24, 2.45) is 0 Å². The highest BCUT2D eigenvalue weighted by molar-refractivity contribution is 5.38. The summed E-state index contributed by atoms with van der Waals surface area (Å²) in [5.74, 6) is 1.75. The second kappa shape index (κ2) is 6.67. The van der Waals surface area contributed by atoms with Gasteiger partial charge in [0.05, 0.1) is 14.2 Å². The fourth-order valence-corrected chi connectivity index (χ4v) is 3.74. The van der Waals surface area contributed by atoms with Crippen molar-refractivity contribution in [1.82, 2.24) is 10.2 Å². The number of rotatable bonds is 5. The van der Waals surface area contributed by atoms with Gasteiger partial charge in [0.15, 0.2) is 0 Å². The molecule has 1 aromatic rings. The Labute approximate surface area is 127 Å². The molecule has 2 fully saturated rings. The fraction of sp³-hybridized carbons (Fsp3) is 0.647. The van der Waals surface area contributed by atoms with Crippen LogP contribution in [0.25, 0.3) is 0 Å². The lowest BCUT2D eigenvalue weighted by Gasteiger charge is -2.29. The SMILES string of the molecule is COc1cc(CN2CCCC2C2CCCN2)cc(OC)c1. The number of likely N-dealkylation sites (tertiary alicyclic amines) is 1. The van der Waals surface area contributed by atoms with Crippen LogP contribution in [0.5, 0.6) is 11.5 Å². The normalized spacial score (nSPS) is 26.2. The molecule has 0 saturated carbocycles. The number of hydrogen-bond acceptors (Lipinski definition) is 4. The third kappa shape index (κ3) is 3.33. The van der Waals surface area contributed by atoms with Crippen molar-refractivity contribution >= 4 is 0 Å². The van der Waals surface area contributed by atoms with Gasteiger partial charge >= 0.3 is 0 Å². The van der Waals surface area contributed by atoms with Gasteiger partial charge in [-0.2, -0.15) is 0 Å². The molecule has 0 aliphatic carbocycles. The van der Waals surface area contributed by atoms with Crippen LogP contribution in [-0.2, 0) is 6.54 Å². The molecule has 1 aromatic carbocycles. The second-order valence-corrected chi connectivity index (χ2v) is 6.10. The Kier molecular flexibility index (Phi) is 4.66. The van der Waals surface area contributed by atoms with Crippen LogP contribution in [0.1, 0.15) is 31.2 Å². The molecule has 2 saturated heterocycles. The minimum atomic E-state index is 0.681. The molecule has 21 heavy (non-hydrogen) atoms. The van der Waals surface area contributed by atoms with E-state index in [1.807, 2.05) is 6.07 Å². The molecule has 116 valence electrons. The minimum Gasteiger partial charge on any atom is -0.497 e. The van der Waals surface area contributed by atoms with E-state index in [0.717, 1.165) is 18.0 Å². The summed E-state index contributed by atoms with van der Waals surface area (Å²) in [6.07, 6.45) is 5.27. The molecule has 0 spiro atoms. The minimum absolute atomic E-state index is 0.681. The summed E-state index contributed by atoms with van der Waals surface area (Å²) in [5.41, 5.74) is 1.27. The first-order valence-electron chi connectivity index (χ1n) is 7.99. The van der Waals surface area contributed by atoms with Crippen LogP contribution >= 0.6 is 0 Å². The van der Waals surface area contributed by atoms with E-state index in [4.69, 9.17) is 9.47 Å². The zero-order chi connectivity index (χ0) is 14.7. The maximum Gasteiger partial charge on any atom is 0.122 e. The molecule has 4 nitrogen and oxygen atoms in total. The summed E-state index contributed by atoms with van der Waals surface area (Å²) >= 11 is 0. The van der Waals surface area contributed by atoms with Crippen molar-refractivity contribution in [2.75, 3.05) is 27.3 Å². The van der Waals surface area contributed by atoms with Crippen molar-refractivity contribution < 1.29 is 9.47 Å². The van der Waals surface area contributed by atoms with Gasteiger partial charge in [0.25, 0.3) is 0 Å². The Balaban J connectivity index is 1.72. The summed E-state index contributed by atoms with van der Waals surface area (Å²) < 4.78 is 10.8. The van der Waals surface area contributed by atoms with Gasteiger partial charge in [-0.3, -0.25) is 4.90 Å². The van der Waals surface area contributed by atoms with Gasteiger partial charge in [-0.1, -0.05) is 0 Å². The zero-order valence-electron chi connectivity index (χ0n) is 13.1. The average molecular weight is 290 g/mol. The summed E-state index contributed by atoms with van der Waals surface area (Å²) in [5, 5.41) is 3.67. The van der Waals surface area contributed by atoms with Crippen molar-refractivity contribution in [1.29, 1.82) is 0 Å². The summed E-state index contributed by atoms with van der Waals surface area (Å²) in [6, 6.07) is 7.55. The van der Waals surface area contributed by atoms with Gasteiger partial charge in [-0.25, -0.2) is 0 Å². The Bertz CT molecular complexity index is 450. The fourth-order valence-electron chi connectivity index (χ4n) is 3.74. The highest BCUT2D eigenvalue weighted by atomic mass is 16.5. The number of methoxy groups -OCH3 is 2. The quantitative estimate of drug-likeness (QED) is 0.903. The molecular weight excluding hydrogens is 264 g/mol. The van der Waals surface area contributed by atoms with E-state index in [1.165, 1.54) is 44.3 Å². The van der Waals surface area contributed by atoms with Gasteiger partial charge in [0.1, 0.15) is 11.5 Å². The molecule has 2 aliphatic heterocycles. The second-order valence-electron chi connectivity index (χ2n) is 6.10. The highest BCUT2D eigenvalue weighted by Crippen LogP contribution is 2.29. The molecule has 0 bridgehead atoms. The number of nitrogens with one attached hydrogen (secondary N) is 1. The van der Waals surface area contributed by atoms with Crippen molar-refractivity contribution in [3.63, 3.8) is 0 Å². The zero-order valence-corrected chi connectivity index (χ0v) is 13.1. The number of hydrogen-bond donors (Lipinski definition) is 1. The van der Waals surface area contributed by atoms with Crippen molar-refractivity contribution in [3.05, 3.63) is 23.8 Å². The van der Waals surface area contributed by atoms with Gasteiger partial charge in [0, 0.05) is 24.7 Å². The van der Waals surface area contributed by atoms with Crippen molar-refractivity contribution in [3.8, 4) is 11.5 Å². The third-order valence-corrected chi connectivity index (χ3v) is 4.77. The Morgan fingerprint density at radius 1 is 1.10 bits per heavy atom. The Hall–Kier alpha value is -1.26. The van der Waals surface area contributed by atoms with Crippen LogP contribution in [0.15, 0.2) is 18.2 Å². The number of nitrogens with zero attached hydrogens (tertiary/aromatic N) is 1. The van der Waals surface area contributed by atoms with Gasteiger partial charge < -0.3 is 14.8 Å². The van der Waals surface area contributed by atoms with E-state index >= 15 is 0 Å². The maximum absolute atomic E-state index is 5.38. The Morgan fingerprint density at radius 2 is 1.86 bits per heavy atom. The van der Waals surface area contributed by atoms with Crippen LogP contribution in [0.3, 0.4) is 0 Å². The summed E-state index contributed by atoms with van der Waals surface area (Å²) in [4.78, 5) is 2.62. The van der Waals surface area contributed by atoms with Crippen molar-refractivity contribution in [2.45, 2.75) is 44.3 Å². The van der Waals surface area contributed by atoms with E-state index in [0.29, 0.717) is 12.1 Å². The number of ether oxygens (including phenoxy) is 2. The lowest BCUT2D eigenvalue weighted by atomic mass is 10.0. The molecule has 2 unspecified atom stereocenters. The lowest BCUT2D eigenvalue weighted by Crippen LogP contribution is -2.43. The van der Waals surface area contributed by atoms with Gasteiger partial charge in [0.2, 0.25) is 0 Å². The molecule has 0 radical (unpaired) electrons. The first kappa shape index (κ1) is 14.7. The van der Waals surface area contributed by atoms with E-state index in [9.17, 15) is 0 Å². The molecule has 2 aliphatic rings. The predicted octanol–water partition coefficient (Wildman–Crippen LogP) is 2.42. The molecule has 4 heteroatoms. The Morgan fingerprint density at radius 3 is 2.48 bits per heavy atom. The van der Waals surface area contributed by atoms with E-state index in [1.54, 1.807) is 14.2 Å². The standard InChI is InChI=1S/C17H26N2O2/c1-20-14-9-13(10-15(11-14)21-2)12-19-8-4-6-17(19)16-5-3-7-18-16/h9-11,16-18H,3-8,12H2,1-2H3. The van der Waals surface area contributed by atoms with E-state index in [-0.39, 0.29) is 0 Å². The van der Waals surface area contributed by atoms with E-state index in [2.05, 4.69) is 22.3 Å². The maximum atomic E-state index is 5.38. The number of benzene rings is 1. The van der Waals surface area contributed by atoms with Crippen LogP contribution in [0.4, 0.5) is 0 Å². The molecule has 0 aromatic heterocycles. The van der Waals surface area contributed by atoms with Crippen LogP contribution < -0.4 is 14.8 Å². The largest absolute Gasteiger partial charge is 0.497 e. The monoisotopic (exact) mass is 290 g/mol. The summed E-state index contributed by atoms with van der Waals surface area (Å²) in [6.45, 7) is 3.36. The molecule has 3 rings (SSSR count). The lowest BCUT2D eigenvalue weighted by molar-refractivity contribution is 0.206.